The van der Waals surface area contributed by atoms with Gasteiger partial charge in [0.15, 0.2) is 0 Å². The minimum Gasteiger partial charge on any atom is -0.388 e. The zero-order chi connectivity index (χ0) is 11.9. The fraction of sp³-hybridized carbons (Fsp3) is 0.400. The summed E-state index contributed by atoms with van der Waals surface area (Å²) in [5.74, 6) is 0. The molecule has 1 aromatic rings. The molecule has 1 aliphatic carbocycles. The molecule has 0 aromatic carbocycles. The predicted molar refractivity (Wildman–Crippen MR) is 56.1 cm³/mol. The topological polar surface area (TPSA) is 95.3 Å². The Morgan fingerprint density at radius 1 is 1.38 bits per heavy atom. The summed E-state index contributed by atoms with van der Waals surface area (Å²) in [5, 5.41) is 19.3. The van der Waals surface area contributed by atoms with E-state index in [0.29, 0.717) is 5.57 Å². The van der Waals surface area contributed by atoms with Crippen LogP contribution < -0.4 is 11.2 Å². The minimum absolute atomic E-state index is 0.491. The number of hydrogen-bond donors (Lipinski definition) is 3. The summed E-state index contributed by atoms with van der Waals surface area (Å²) in [7, 11) is 0. The van der Waals surface area contributed by atoms with E-state index in [2.05, 4.69) is 4.98 Å². The van der Waals surface area contributed by atoms with Gasteiger partial charge in [-0.3, -0.25) is 14.3 Å². The van der Waals surface area contributed by atoms with Crippen molar-refractivity contribution in [1.82, 2.24) is 9.55 Å². The van der Waals surface area contributed by atoms with Crippen molar-refractivity contribution in [2.45, 2.75) is 25.2 Å². The SMILES string of the molecule is CC1=C[C@@H](n2ccc(=O)[nH]c2=O)[C@H](O)[C@@H]1O. The summed E-state index contributed by atoms with van der Waals surface area (Å²) in [6.07, 6.45) is 0.874. The normalized spacial score (nSPS) is 29.2. The molecule has 0 amide bonds. The Balaban J connectivity index is 2.47. The Labute approximate surface area is 90.5 Å². The van der Waals surface area contributed by atoms with Gasteiger partial charge in [0.2, 0.25) is 0 Å². The summed E-state index contributed by atoms with van der Waals surface area (Å²) in [6.45, 7) is 1.67. The van der Waals surface area contributed by atoms with Gasteiger partial charge in [0, 0.05) is 12.3 Å². The van der Waals surface area contributed by atoms with E-state index in [1.807, 2.05) is 0 Å². The van der Waals surface area contributed by atoms with Gasteiger partial charge in [-0.05, 0) is 12.5 Å². The van der Waals surface area contributed by atoms with Crippen LogP contribution in [0.5, 0.6) is 0 Å². The van der Waals surface area contributed by atoms with E-state index in [1.165, 1.54) is 16.8 Å². The molecule has 0 unspecified atom stereocenters. The monoisotopic (exact) mass is 224 g/mol. The van der Waals surface area contributed by atoms with E-state index in [0.717, 1.165) is 0 Å². The third-order valence-corrected chi connectivity index (χ3v) is 2.75. The highest BCUT2D eigenvalue weighted by Crippen LogP contribution is 2.27. The molecule has 16 heavy (non-hydrogen) atoms. The van der Waals surface area contributed by atoms with Crippen LogP contribution in [0.25, 0.3) is 0 Å². The van der Waals surface area contributed by atoms with Crippen LogP contribution in [0.15, 0.2) is 33.5 Å². The first-order valence-electron chi connectivity index (χ1n) is 4.86. The Morgan fingerprint density at radius 3 is 2.56 bits per heavy atom. The van der Waals surface area contributed by atoms with Crippen molar-refractivity contribution in [3.8, 4) is 0 Å². The fourth-order valence-corrected chi connectivity index (χ4v) is 1.83. The third kappa shape index (κ3) is 1.62. The third-order valence-electron chi connectivity index (χ3n) is 2.75. The zero-order valence-electron chi connectivity index (χ0n) is 8.62. The summed E-state index contributed by atoms with van der Waals surface area (Å²) < 4.78 is 1.19. The molecule has 0 aliphatic heterocycles. The van der Waals surface area contributed by atoms with E-state index in [4.69, 9.17) is 0 Å². The van der Waals surface area contributed by atoms with Crippen molar-refractivity contribution in [1.29, 1.82) is 0 Å². The van der Waals surface area contributed by atoms with Crippen molar-refractivity contribution >= 4 is 0 Å². The molecule has 6 nitrogen and oxygen atoms in total. The number of aliphatic hydroxyl groups is 2. The van der Waals surface area contributed by atoms with E-state index < -0.39 is 29.5 Å². The largest absolute Gasteiger partial charge is 0.388 e. The molecule has 6 heteroatoms. The van der Waals surface area contributed by atoms with Crippen LogP contribution in [0.1, 0.15) is 13.0 Å². The van der Waals surface area contributed by atoms with Gasteiger partial charge in [-0.25, -0.2) is 4.79 Å². The van der Waals surface area contributed by atoms with Crippen LogP contribution in [0.2, 0.25) is 0 Å². The van der Waals surface area contributed by atoms with Crippen LogP contribution in [0.3, 0.4) is 0 Å². The highest BCUT2D eigenvalue weighted by atomic mass is 16.3. The molecule has 1 aliphatic rings. The van der Waals surface area contributed by atoms with E-state index in [1.54, 1.807) is 13.0 Å². The number of nitrogens with zero attached hydrogens (tertiary/aromatic N) is 1. The van der Waals surface area contributed by atoms with Crippen LogP contribution in [-0.4, -0.2) is 32.0 Å². The molecule has 0 fully saturated rings. The van der Waals surface area contributed by atoms with Gasteiger partial charge in [-0.1, -0.05) is 6.08 Å². The zero-order valence-corrected chi connectivity index (χ0v) is 8.62. The molecular weight excluding hydrogens is 212 g/mol. The molecule has 2 rings (SSSR count). The number of hydrogen-bond acceptors (Lipinski definition) is 4. The quantitative estimate of drug-likeness (QED) is 0.520. The van der Waals surface area contributed by atoms with E-state index >= 15 is 0 Å². The maximum atomic E-state index is 11.5. The lowest BCUT2D eigenvalue weighted by atomic mass is 10.1. The minimum atomic E-state index is -1.07. The Morgan fingerprint density at radius 2 is 2.06 bits per heavy atom. The standard InChI is InChI=1S/C10H12N2O4/c1-5-4-6(9(15)8(5)14)12-3-2-7(13)11-10(12)16/h2-4,6,8-9,14-15H,1H3,(H,11,13,16)/t6-,8-,9+/m1/s1. The first-order chi connectivity index (χ1) is 7.50. The summed E-state index contributed by atoms with van der Waals surface area (Å²) in [4.78, 5) is 24.4. The van der Waals surface area contributed by atoms with Crippen molar-refractivity contribution in [3.05, 3.63) is 44.8 Å². The molecule has 86 valence electrons. The Hall–Kier alpha value is -1.66. The van der Waals surface area contributed by atoms with E-state index in [9.17, 15) is 19.8 Å². The number of aromatic amines is 1. The maximum Gasteiger partial charge on any atom is 0.328 e. The highest BCUT2D eigenvalue weighted by Gasteiger charge is 2.33. The Bertz CT molecular complexity index is 542. The molecular formula is C10H12N2O4. The van der Waals surface area contributed by atoms with Gasteiger partial charge >= 0.3 is 5.69 Å². The number of nitrogens with one attached hydrogen (secondary N) is 1. The van der Waals surface area contributed by atoms with Crippen molar-refractivity contribution in [2.75, 3.05) is 0 Å². The number of aliphatic hydroxyl groups excluding tert-OH is 2. The number of rotatable bonds is 1. The van der Waals surface area contributed by atoms with Gasteiger partial charge in [0.05, 0.1) is 6.04 Å². The molecule has 3 atom stereocenters. The fourth-order valence-electron chi connectivity index (χ4n) is 1.83. The molecule has 3 N–H and O–H groups in total. The molecule has 1 aromatic heterocycles. The van der Waals surface area contributed by atoms with Crippen LogP contribution in [0.4, 0.5) is 0 Å². The van der Waals surface area contributed by atoms with Gasteiger partial charge < -0.3 is 10.2 Å². The molecule has 0 saturated heterocycles. The number of H-pyrrole nitrogens is 1. The van der Waals surface area contributed by atoms with Gasteiger partial charge in [0.25, 0.3) is 5.56 Å². The summed E-state index contributed by atoms with van der Waals surface area (Å²) in [6, 6.07) is 0.557. The number of aromatic nitrogens is 2. The maximum absolute atomic E-state index is 11.5. The summed E-state index contributed by atoms with van der Waals surface area (Å²) in [5.41, 5.74) is -0.486. The first kappa shape index (κ1) is 10.8. The van der Waals surface area contributed by atoms with Crippen LogP contribution >= 0.6 is 0 Å². The molecule has 0 bridgehead atoms. The lowest BCUT2D eigenvalue weighted by Crippen LogP contribution is -2.37. The summed E-state index contributed by atoms with van der Waals surface area (Å²) >= 11 is 0. The second-order valence-electron chi connectivity index (χ2n) is 3.85. The second kappa shape index (κ2) is 3.73. The molecule has 0 radical (unpaired) electrons. The van der Waals surface area contributed by atoms with E-state index in [-0.39, 0.29) is 0 Å². The van der Waals surface area contributed by atoms with Gasteiger partial charge in [-0.15, -0.1) is 0 Å². The van der Waals surface area contributed by atoms with Crippen molar-refractivity contribution in [3.63, 3.8) is 0 Å². The van der Waals surface area contributed by atoms with Crippen LogP contribution in [-0.2, 0) is 0 Å². The van der Waals surface area contributed by atoms with Gasteiger partial charge in [-0.2, -0.15) is 0 Å². The second-order valence-corrected chi connectivity index (χ2v) is 3.85. The predicted octanol–water partition coefficient (Wildman–Crippen LogP) is -1.24. The highest BCUT2D eigenvalue weighted by molar-refractivity contribution is 5.20. The lowest BCUT2D eigenvalue weighted by molar-refractivity contribution is 0.0312. The van der Waals surface area contributed by atoms with Crippen molar-refractivity contribution in [2.24, 2.45) is 0 Å². The smallest absolute Gasteiger partial charge is 0.328 e. The average Bonchev–Trinajstić information content (AvgIpc) is 2.46. The van der Waals surface area contributed by atoms with Crippen LogP contribution in [0, 0.1) is 0 Å². The average molecular weight is 224 g/mol. The van der Waals surface area contributed by atoms with Gasteiger partial charge in [0.1, 0.15) is 12.2 Å². The molecule has 0 saturated carbocycles. The first-order valence-corrected chi connectivity index (χ1v) is 4.86. The Kier molecular flexibility index (Phi) is 2.53. The molecule has 0 spiro atoms. The van der Waals surface area contributed by atoms with Crippen molar-refractivity contribution < 1.29 is 10.2 Å². The molecule has 1 heterocycles. The lowest BCUT2D eigenvalue weighted by Gasteiger charge is -2.18.